The lowest BCUT2D eigenvalue weighted by Crippen LogP contribution is -2.52. The van der Waals surface area contributed by atoms with Crippen LogP contribution in [-0.2, 0) is 26.7 Å². The molecule has 0 aliphatic carbocycles. The average molecular weight is 588 g/mol. The maximum absolute atomic E-state index is 13.2. The maximum atomic E-state index is 13.2. The van der Waals surface area contributed by atoms with E-state index in [9.17, 15) is 18.0 Å². The largest absolute Gasteiger partial charge is 0.497 e. The molecule has 1 heterocycles. The molecule has 0 atom stereocenters. The van der Waals surface area contributed by atoms with Crippen molar-refractivity contribution in [3.8, 4) is 5.75 Å². The van der Waals surface area contributed by atoms with Crippen LogP contribution in [0.1, 0.15) is 61.0 Å². The minimum Gasteiger partial charge on any atom is -0.497 e. The zero-order valence-corrected chi connectivity index (χ0v) is 25.3. The number of amides is 2. The van der Waals surface area contributed by atoms with E-state index in [2.05, 4.69) is 15.4 Å². The molecule has 2 aromatic rings. The standard InChI is InChI=1S/C30H45N5O5S/c1-30(2)27-22-24(40-3)10-13-26(27)28(36)35(29(30)37)21-14-23-8-11-25(12-9-23)41(38,39)34-20-7-19-33-17-5-4-16-32-18-6-15-31/h8-13,22,32-34H,4-7,14-21,31H2,1-3H3. The minimum atomic E-state index is -3.62. The van der Waals surface area contributed by atoms with E-state index in [4.69, 9.17) is 10.5 Å². The molecule has 11 heteroatoms. The number of benzene rings is 2. The third kappa shape index (κ3) is 8.83. The summed E-state index contributed by atoms with van der Waals surface area (Å²) in [4.78, 5) is 27.9. The predicted molar refractivity (Wildman–Crippen MR) is 161 cm³/mol. The van der Waals surface area contributed by atoms with Gasteiger partial charge in [-0.15, -0.1) is 0 Å². The molecule has 3 rings (SSSR count). The number of carbonyl (C=O) groups excluding carboxylic acids is 2. The van der Waals surface area contributed by atoms with Gasteiger partial charge in [-0.05, 0) is 120 Å². The Labute approximate surface area is 244 Å². The summed E-state index contributed by atoms with van der Waals surface area (Å²) in [5.74, 6) is -0.00227. The number of rotatable bonds is 18. The van der Waals surface area contributed by atoms with E-state index >= 15 is 0 Å². The van der Waals surface area contributed by atoms with E-state index in [-0.39, 0.29) is 23.3 Å². The molecule has 10 nitrogen and oxygen atoms in total. The van der Waals surface area contributed by atoms with Gasteiger partial charge in [-0.1, -0.05) is 12.1 Å². The number of unbranched alkanes of at least 4 members (excludes halogenated alkanes) is 1. The number of methoxy groups -OCH3 is 1. The summed E-state index contributed by atoms with van der Waals surface area (Å²) in [6.07, 6.45) is 4.26. The molecular formula is C30H45N5O5S. The smallest absolute Gasteiger partial charge is 0.260 e. The van der Waals surface area contributed by atoms with Crippen LogP contribution in [0.5, 0.6) is 5.75 Å². The second kappa shape index (κ2) is 15.4. The fourth-order valence-electron chi connectivity index (χ4n) is 4.80. The summed E-state index contributed by atoms with van der Waals surface area (Å²) in [7, 11) is -2.07. The van der Waals surface area contributed by atoms with Crippen LogP contribution >= 0.6 is 0 Å². The monoisotopic (exact) mass is 587 g/mol. The van der Waals surface area contributed by atoms with Crippen LogP contribution in [0, 0.1) is 0 Å². The van der Waals surface area contributed by atoms with Gasteiger partial charge in [-0.3, -0.25) is 14.5 Å². The Hall–Kier alpha value is -2.83. The predicted octanol–water partition coefficient (Wildman–Crippen LogP) is 2.17. The highest BCUT2D eigenvalue weighted by molar-refractivity contribution is 7.89. The number of hydrogen-bond donors (Lipinski definition) is 4. The molecule has 0 saturated carbocycles. The zero-order valence-electron chi connectivity index (χ0n) is 24.5. The summed E-state index contributed by atoms with van der Waals surface area (Å²) in [6.45, 7) is 8.46. The molecule has 0 spiro atoms. The Morgan fingerprint density at radius 2 is 1.51 bits per heavy atom. The summed E-state index contributed by atoms with van der Waals surface area (Å²) in [5, 5.41) is 6.69. The van der Waals surface area contributed by atoms with Crippen molar-refractivity contribution in [2.24, 2.45) is 5.73 Å². The van der Waals surface area contributed by atoms with Crippen LogP contribution in [0.3, 0.4) is 0 Å². The molecule has 1 aliphatic heterocycles. The van der Waals surface area contributed by atoms with E-state index in [1.54, 1.807) is 63.4 Å². The molecule has 226 valence electrons. The summed E-state index contributed by atoms with van der Waals surface area (Å²) >= 11 is 0. The fraction of sp³-hybridized carbons (Fsp3) is 0.533. The van der Waals surface area contributed by atoms with Gasteiger partial charge in [-0.25, -0.2) is 13.1 Å². The molecule has 41 heavy (non-hydrogen) atoms. The molecule has 0 fully saturated rings. The molecule has 1 aliphatic rings. The molecule has 0 saturated heterocycles. The van der Waals surface area contributed by atoms with E-state index in [1.165, 1.54) is 4.90 Å². The Morgan fingerprint density at radius 1 is 0.878 bits per heavy atom. The van der Waals surface area contributed by atoms with Crippen molar-refractivity contribution < 1.29 is 22.7 Å². The van der Waals surface area contributed by atoms with Gasteiger partial charge in [0, 0.05) is 18.7 Å². The second-order valence-corrected chi connectivity index (χ2v) is 12.6. The van der Waals surface area contributed by atoms with Gasteiger partial charge in [0.25, 0.3) is 5.91 Å². The normalized spacial score (nSPS) is 14.8. The molecule has 0 unspecified atom stereocenters. The number of fused-ring (bicyclic) bond motifs is 1. The Bertz CT molecular complexity index is 1260. The van der Waals surface area contributed by atoms with Crippen LogP contribution in [0.25, 0.3) is 0 Å². The van der Waals surface area contributed by atoms with Gasteiger partial charge in [0.15, 0.2) is 0 Å². The molecule has 0 radical (unpaired) electrons. The van der Waals surface area contributed by atoms with E-state index < -0.39 is 15.4 Å². The number of nitrogens with one attached hydrogen (secondary N) is 3. The number of nitrogens with zero attached hydrogens (tertiary/aromatic N) is 1. The second-order valence-electron chi connectivity index (χ2n) is 10.8. The van der Waals surface area contributed by atoms with Crippen LogP contribution in [-0.4, -0.2) is 78.1 Å². The summed E-state index contributed by atoms with van der Waals surface area (Å²) in [5.41, 5.74) is 6.57. The highest BCUT2D eigenvalue weighted by Gasteiger charge is 2.44. The first-order valence-corrected chi connectivity index (χ1v) is 15.8. The van der Waals surface area contributed by atoms with Crippen LogP contribution in [0.15, 0.2) is 47.4 Å². The number of nitrogens with two attached hydrogens (primary N) is 1. The highest BCUT2D eigenvalue weighted by atomic mass is 32.2. The summed E-state index contributed by atoms with van der Waals surface area (Å²) < 4.78 is 33.3. The van der Waals surface area contributed by atoms with Crippen molar-refractivity contribution in [1.29, 1.82) is 0 Å². The van der Waals surface area contributed by atoms with Crippen molar-refractivity contribution >= 4 is 21.8 Å². The molecule has 0 bridgehead atoms. The average Bonchev–Trinajstić information content (AvgIpc) is 2.96. The number of carbonyl (C=O) groups is 2. The fourth-order valence-corrected chi connectivity index (χ4v) is 5.88. The van der Waals surface area contributed by atoms with Crippen LogP contribution in [0.4, 0.5) is 0 Å². The third-order valence-corrected chi connectivity index (χ3v) is 8.83. The van der Waals surface area contributed by atoms with E-state index in [0.717, 1.165) is 51.0 Å². The molecule has 2 amide bonds. The van der Waals surface area contributed by atoms with Crippen molar-refractivity contribution in [3.63, 3.8) is 0 Å². The molecular weight excluding hydrogens is 542 g/mol. The van der Waals surface area contributed by atoms with Gasteiger partial charge in [-0.2, -0.15) is 0 Å². The van der Waals surface area contributed by atoms with Gasteiger partial charge in [0.05, 0.1) is 17.4 Å². The van der Waals surface area contributed by atoms with Gasteiger partial charge >= 0.3 is 0 Å². The first-order valence-electron chi connectivity index (χ1n) is 14.4. The molecule has 0 aromatic heterocycles. The summed E-state index contributed by atoms with van der Waals surface area (Å²) in [6, 6.07) is 11.7. The highest BCUT2D eigenvalue weighted by Crippen LogP contribution is 2.36. The van der Waals surface area contributed by atoms with Crippen molar-refractivity contribution in [1.82, 2.24) is 20.3 Å². The van der Waals surface area contributed by atoms with Gasteiger partial charge in [0.1, 0.15) is 5.75 Å². The first kappa shape index (κ1) is 32.7. The van der Waals surface area contributed by atoms with Crippen LogP contribution in [0.2, 0.25) is 0 Å². The minimum absolute atomic E-state index is 0.186. The van der Waals surface area contributed by atoms with E-state index in [1.807, 2.05) is 0 Å². The first-order chi connectivity index (χ1) is 19.6. The zero-order chi connectivity index (χ0) is 29.9. The van der Waals surface area contributed by atoms with Gasteiger partial charge in [0.2, 0.25) is 15.9 Å². The Balaban J connectivity index is 1.43. The molecule has 2 aromatic carbocycles. The third-order valence-electron chi connectivity index (χ3n) is 7.35. The Morgan fingerprint density at radius 3 is 2.15 bits per heavy atom. The van der Waals surface area contributed by atoms with Crippen molar-refractivity contribution in [2.45, 2.75) is 56.3 Å². The molecule has 5 N–H and O–H groups in total. The lowest BCUT2D eigenvalue weighted by molar-refractivity contribution is -0.134. The van der Waals surface area contributed by atoms with Gasteiger partial charge < -0.3 is 21.1 Å². The maximum Gasteiger partial charge on any atom is 0.260 e. The number of ether oxygens (including phenoxy) is 1. The van der Waals surface area contributed by atoms with Crippen LogP contribution < -0.4 is 25.8 Å². The Kier molecular flexibility index (Phi) is 12.3. The lowest BCUT2D eigenvalue weighted by Gasteiger charge is -2.37. The van der Waals surface area contributed by atoms with Crippen molar-refractivity contribution in [2.75, 3.05) is 52.9 Å². The lowest BCUT2D eigenvalue weighted by atomic mass is 9.77. The van der Waals surface area contributed by atoms with Crippen molar-refractivity contribution in [3.05, 3.63) is 59.2 Å². The number of hydrogen-bond acceptors (Lipinski definition) is 8. The topological polar surface area (TPSA) is 143 Å². The SMILES string of the molecule is COc1ccc2c(c1)C(C)(C)C(=O)N(CCc1ccc(S(=O)(=O)NCCCNCCCCNCCCN)cc1)C2=O. The number of sulfonamides is 1. The number of imide groups is 1. The van der Waals surface area contributed by atoms with E-state index in [0.29, 0.717) is 42.8 Å². The quantitative estimate of drug-likeness (QED) is 0.154.